The molecule has 82 valence electrons. The summed E-state index contributed by atoms with van der Waals surface area (Å²) >= 11 is 0. The summed E-state index contributed by atoms with van der Waals surface area (Å²) < 4.78 is 5.46. The van der Waals surface area contributed by atoms with Crippen LogP contribution in [-0.2, 0) is 4.79 Å². The van der Waals surface area contributed by atoms with Gasteiger partial charge in [0.1, 0.15) is 5.75 Å². The van der Waals surface area contributed by atoms with Gasteiger partial charge in [0.05, 0.1) is 6.61 Å². The van der Waals surface area contributed by atoms with E-state index in [0.717, 1.165) is 12.2 Å². The van der Waals surface area contributed by atoms with E-state index in [-0.39, 0.29) is 5.91 Å². The fourth-order valence-electron chi connectivity index (χ4n) is 1.05. The summed E-state index contributed by atoms with van der Waals surface area (Å²) in [4.78, 5) is 10.5. The summed E-state index contributed by atoms with van der Waals surface area (Å²) in [6.45, 7) is 2.80. The molecule has 0 saturated carbocycles. The van der Waals surface area contributed by atoms with Gasteiger partial charge in [-0.05, 0) is 18.6 Å². The van der Waals surface area contributed by atoms with Crippen LogP contribution < -0.4 is 15.6 Å². The number of rotatable bonds is 6. The summed E-state index contributed by atoms with van der Waals surface area (Å²) in [6, 6.07) is 9.66. The number of benzene rings is 1. The first-order valence-corrected chi connectivity index (χ1v) is 4.96. The van der Waals surface area contributed by atoms with Gasteiger partial charge >= 0.3 is 0 Å². The molecule has 4 heteroatoms. The van der Waals surface area contributed by atoms with Crippen molar-refractivity contribution in [1.29, 1.82) is 0 Å². The molecule has 0 unspecified atom stereocenters. The van der Waals surface area contributed by atoms with E-state index in [1.165, 1.54) is 6.92 Å². The molecule has 0 bridgehead atoms. The highest BCUT2D eigenvalue weighted by Crippen LogP contribution is 2.07. The lowest BCUT2D eigenvalue weighted by atomic mass is 10.3. The van der Waals surface area contributed by atoms with Crippen LogP contribution in [0.25, 0.3) is 0 Å². The summed E-state index contributed by atoms with van der Waals surface area (Å²) in [5, 5.41) is 0. The van der Waals surface area contributed by atoms with E-state index in [9.17, 15) is 4.79 Å². The number of carbonyl (C=O) groups excluding carboxylic acids is 1. The predicted octanol–water partition coefficient (Wildman–Crippen LogP) is 1.10. The lowest BCUT2D eigenvalue weighted by molar-refractivity contribution is -0.119. The molecule has 2 N–H and O–H groups in total. The highest BCUT2D eigenvalue weighted by molar-refractivity contribution is 5.72. The highest BCUT2D eigenvalue weighted by Gasteiger charge is 1.92. The van der Waals surface area contributed by atoms with Gasteiger partial charge in [0.15, 0.2) is 0 Å². The molecule has 0 saturated heterocycles. The highest BCUT2D eigenvalue weighted by atomic mass is 16.5. The number of carbonyl (C=O) groups is 1. The predicted molar refractivity (Wildman–Crippen MR) is 58.4 cm³/mol. The third kappa shape index (κ3) is 5.70. The van der Waals surface area contributed by atoms with Gasteiger partial charge in [-0.2, -0.15) is 0 Å². The van der Waals surface area contributed by atoms with Gasteiger partial charge in [-0.15, -0.1) is 0 Å². The van der Waals surface area contributed by atoms with E-state index in [1.54, 1.807) is 0 Å². The molecule has 0 radical (unpaired) electrons. The second-order valence-corrected chi connectivity index (χ2v) is 3.12. The smallest absolute Gasteiger partial charge is 0.230 e. The molecule has 0 atom stereocenters. The van der Waals surface area contributed by atoms with Crippen LogP contribution in [0.2, 0.25) is 0 Å². The van der Waals surface area contributed by atoms with Crippen molar-refractivity contribution in [2.24, 2.45) is 0 Å². The van der Waals surface area contributed by atoms with Crippen molar-refractivity contribution >= 4 is 5.91 Å². The number of ether oxygens (including phenoxy) is 1. The van der Waals surface area contributed by atoms with E-state index >= 15 is 0 Å². The number of amides is 1. The minimum atomic E-state index is -0.0843. The lowest BCUT2D eigenvalue weighted by Gasteiger charge is -2.06. The van der Waals surface area contributed by atoms with Gasteiger partial charge in [-0.25, -0.2) is 5.43 Å². The first-order valence-electron chi connectivity index (χ1n) is 4.96. The van der Waals surface area contributed by atoms with Gasteiger partial charge in [-0.1, -0.05) is 18.2 Å². The van der Waals surface area contributed by atoms with Crippen molar-refractivity contribution < 1.29 is 9.53 Å². The van der Waals surface area contributed by atoms with Crippen LogP contribution in [0.5, 0.6) is 5.75 Å². The van der Waals surface area contributed by atoms with E-state index < -0.39 is 0 Å². The second kappa shape index (κ2) is 6.84. The van der Waals surface area contributed by atoms with Crippen LogP contribution in [0, 0.1) is 0 Å². The maximum absolute atomic E-state index is 10.5. The Kier molecular flexibility index (Phi) is 5.25. The zero-order valence-corrected chi connectivity index (χ0v) is 8.82. The Hall–Kier alpha value is -1.55. The normalized spacial score (nSPS) is 9.67. The SMILES string of the molecule is CC(=O)NNCCCOc1ccccc1. The van der Waals surface area contributed by atoms with E-state index in [2.05, 4.69) is 10.9 Å². The van der Waals surface area contributed by atoms with Gasteiger partial charge in [-0.3, -0.25) is 10.2 Å². The van der Waals surface area contributed by atoms with Crippen LogP contribution in [0.1, 0.15) is 13.3 Å². The summed E-state index contributed by atoms with van der Waals surface area (Å²) in [5.41, 5.74) is 5.29. The molecule has 1 rings (SSSR count). The van der Waals surface area contributed by atoms with Crippen molar-refractivity contribution in [2.75, 3.05) is 13.2 Å². The van der Waals surface area contributed by atoms with Crippen LogP contribution in [0.4, 0.5) is 0 Å². The Morgan fingerprint density at radius 2 is 2.07 bits per heavy atom. The average molecular weight is 208 g/mol. The van der Waals surface area contributed by atoms with E-state index in [0.29, 0.717) is 13.2 Å². The molecule has 4 nitrogen and oxygen atoms in total. The van der Waals surface area contributed by atoms with Crippen molar-refractivity contribution in [3.05, 3.63) is 30.3 Å². The van der Waals surface area contributed by atoms with Gasteiger partial charge < -0.3 is 4.74 Å². The maximum Gasteiger partial charge on any atom is 0.230 e. The third-order valence-corrected chi connectivity index (χ3v) is 1.72. The molecule has 0 spiro atoms. The number of para-hydroxylation sites is 1. The van der Waals surface area contributed by atoms with Crippen molar-refractivity contribution in [2.45, 2.75) is 13.3 Å². The van der Waals surface area contributed by atoms with Crippen molar-refractivity contribution in [3.63, 3.8) is 0 Å². The molecular formula is C11H16N2O2. The fourth-order valence-corrected chi connectivity index (χ4v) is 1.05. The topological polar surface area (TPSA) is 50.4 Å². The molecule has 0 aliphatic rings. The molecule has 1 aromatic carbocycles. The minimum Gasteiger partial charge on any atom is -0.494 e. The Morgan fingerprint density at radius 3 is 2.73 bits per heavy atom. The molecule has 0 aromatic heterocycles. The zero-order chi connectivity index (χ0) is 10.9. The van der Waals surface area contributed by atoms with Gasteiger partial charge in [0.2, 0.25) is 5.91 Å². The second-order valence-electron chi connectivity index (χ2n) is 3.12. The van der Waals surface area contributed by atoms with Crippen LogP contribution in [0.15, 0.2) is 30.3 Å². The largest absolute Gasteiger partial charge is 0.494 e. The number of nitrogens with one attached hydrogen (secondary N) is 2. The number of hydrogen-bond acceptors (Lipinski definition) is 3. The quantitative estimate of drug-likeness (QED) is 0.543. The maximum atomic E-state index is 10.5. The Balaban J connectivity index is 2.00. The average Bonchev–Trinajstić information content (AvgIpc) is 2.24. The molecule has 0 heterocycles. The first-order chi connectivity index (χ1) is 7.29. The minimum absolute atomic E-state index is 0.0843. The van der Waals surface area contributed by atoms with Crippen LogP contribution in [-0.4, -0.2) is 19.1 Å². The summed E-state index contributed by atoms with van der Waals surface area (Å²) in [7, 11) is 0. The van der Waals surface area contributed by atoms with Gasteiger partial charge in [0, 0.05) is 13.5 Å². The number of hydrogen-bond donors (Lipinski definition) is 2. The fraction of sp³-hybridized carbons (Fsp3) is 0.364. The molecule has 0 aliphatic heterocycles. The van der Waals surface area contributed by atoms with Crippen molar-refractivity contribution in [1.82, 2.24) is 10.9 Å². The molecule has 1 amide bonds. The molecule has 1 aromatic rings. The molecular weight excluding hydrogens is 192 g/mol. The van der Waals surface area contributed by atoms with Gasteiger partial charge in [0.25, 0.3) is 0 Å². The molecule has 15 heavy (non-hydrogen) atoms. The standard InChI is InChI=1S/C11H16N2O2/c1-10(14)13-12-8-5-9-15-11-6-3-2-4-7-11/h2-4,6-7,12H,5,8-9H2,1H3,(H,13,14). The zero-order valence-electron chi connectivity index (χ0n) is 8.82. The molecule has 0 fully saturated rings. The summed E-state index contributed by atoms with van der Waals surface area (Å²) in [5.74, 6) is 0.788. The summed E-state index contributed by atoms with van der Waals surface area (Å²) in [6.07, 6.45) is 0.842. The van der Waals surface area contributed by atoms with Crippen LogP contribution >= 0.6 is 0 Å². The monoisotopic (exact) mass is 208 g/mol. The Morgan fingerprint density at radius 1 is 1.33 bits per heavy atom. The van der Waals surface area contributed by atoms with E-state index in [4.69, 9.17) is 4.74 Å². The Labute approximate surface area is 89.6 Å². The first kappa shape index (κ1) is 11.5. The Bertz CT molecular complexity index is 288. The number of hydrazine groups is 1. The van der Waals surface area contributed by atoms with Crippen LogP contribution in [0.3, 0.4) is 0 Å². The third-order valence-electron chi connectivity index (χ3n) is 1.72. The van der Waals surface area contributed by atoms with Crippen molar-refractivity contribution in [3.8, 4) is 5.75 Å². The lowest BCUT2D eigenvalue weighted by Crippen LogP contribution is -2.36. The van der Waals surface area contributed by atoms with E-state index in [1.807, 2.05) is 30.3 Å². The molecule has 0 aliphatic carbocycles.